The van der Waals surface area contributed by atoms with Crippen molar-refractivity contribution in [1.29, 1.82) is 0 Å². The SMILES string of the molecule is Cn1nc(CNCCC(=O)Nc2ccc(Cl)cc2)c2c1CCOC2. The molecule has 0 unspecified atom stereocenters. The van der Waals surface area contributed by atoms with Crippen LogP contribution in [0, 0.1) is 0 Å². The molecule has 0 bridgehead atoms. The first-order valence-corrected chi connectivity index (χ1v) is 8.39. The van der Waals surface area contributed by atoms with E-state index in [1.54, 1.807) is 24.3 Å². The van der Waals surface area contributed by atoms with Crippen LogP contribution in [0.15, 0.2) is 24.3 Å². The molecular weight excluding hydrogens is 328 g/mol. The number of ether oxygens (including phenoxy) is 1. The first kappa shape index (κ1) is 17.0. The number of amides is 1. The Kier molecular flexibility index (Phi) is 5.50. The van der Waals surface area contributed by atoms with Gasteiger partial charge in [-0.1, -0.05) is 11.6 Å². The third-order valence-corrected chi connectivity index (χ3v) is 4.29. The molecule has 1 aliphatic heterocycles. The van der Waals surface area contributed by atoms with Crippen LogP contribution in [0.2, 0.25) is 5.02 Å². The Bertz CT molecular complexity index is 712. The van der Waals surface area contributed by atoms with Crippen molar-refractivity contribution in [2.75, 3.05) is 18.5 Å². The smallest absolute Gasteiger partial charge is 0.225 e. The average molecular weight is 349 g/mol. The normalized spacial score (nSPS) is 13.6. The number of rotatable bonds is 6. The van der Waals surface area contributed by atoms with E-state index in [-0.39, 0.29) is 5.91 Å². The Morgan fingerprint density at radius 1 is 1.38 bits per heavy atom. The van der Waals surface area contributed by atoms with Crippen LogP contribution in [0.3, 0.4) is 0 Å². The fourth-order valence-corrected chi connectivity index (χ4v) is 2.92. The van der Waals surface area contributed by atoms with Crippen LogP contribution in [0.25, 0.3) is 0 Å². The Morgan fingerprint density at radius 2 is 2.17 bits per heavy atom. The standard InChI is InChI=1S/C17H21ClN4O2/c1-22-16-7-9-24-11-14(16)15(21-22)10-19-8-6-17(23)20-13-4-2-12(18)3-5-13/h2-5,19H,6-11H2,1H3,(H,20,23). The molecule has 0 aliphatic carbocycles. The minimum Gasteiger partial charge on any atom is -0.376 e. The molecule has 1 aromatic heterocycles. The molecule has 7 heteroatoms. The lowest BCUT2D eigenvalue weighted by molar-refractivity contribution is -0.116. The lowest BCUT2D eigenvalue weighted by Crippen LogP contribution is -2.22. The molecule has 6 nitrogen and oxygen atoms in total. The minimum absolute atomic E-state index is 0.0313. The summed E-state index contributed by atoms with van der Waals surface area (Å²) in [4.78, 5) is 11.9. The topological polar surface area (TPSA) is 68.2 Å². The Hall–Kier alpha value is -1.89. The first-order chi connectivity index (χ1) is 11.6. The number of hydrogen-bond donors (Lipinski definition) is 2. The van der Waals surface area contributed by atoms with E-state index in [2.05, 4.69) is 15.7 Å². The molecule has 2 heterocycles. The van der Waals surface area contributed by atoms with Gasteiger partial charge in [-0.05, 0) is 24.3 Å². The number of halogens is 1. The molecule has 0 atom stereocenters. The van der Waals surface area contributed by atoms with Gasteiger partial charge in [-0.25, -0.2) is 0 Å². The zero-order valence-corrected chi connectivity index (χ0v) is 14.4. The zero-order valence-electron chi connectivity index (χ0n) is 13.6. The van der Waals surface area contributed by atoms with E-state index in [9.17, 15) is 4.79 Å². The number of anilines is 1. The Morgan fingerprint density at radius 3 is 2.96 bits per heavy atom. The fourth-order valence-electron chi connectivity index (χ4n) is 2.79. The molecule has 1 amide bonds. The second kappa shape index (κ2) is 7.79. The van der Waals surface area contributed by atoms with Gasteiger partial charge in [-0.15, -0.1) is 0 Å². The molecule has 1 aliphatic rings. The second-order valence-corrected chi connectivity index (χ2v) is 6.22. The lowest BCUT2D eigenvalue weighted by Gasteiger charge is -2.13. The zero-order chi connectivity index (χ0) is 16.9. The molecule has 24 heavy (non-hydrogen) atoms. The van der Waals surface area contributed by atoms with Crippen LogP contribution in [0.5, 0.6) is 0 Å². The van der Waals surface area contributed by atoms with Crippen molar-refractivity contribution in [2.45, 2.75) is 26.0 Å². The summed E-state index contributed by atoms with van der Waals surface area (Å²) >= 11 is 5.82. The quantitative estimate of drug-likeness (QED) is 0.786. The van der Waals surface area contributed by atoms with Crippen molar-refractivity contribution in [3.8, 4) is 0 Å². The van der Waals surface area contributed by atoms with Gasteiger partial charge in [0.15, 0.2) is 0 Å². The third kappa shape index (κ3) is 4.14. The predicted molar refractivity (Wildman–Crippen MR) is 93.0 cm³/mol. The number of aromatic nitrogens is 2. The largest absolute Gasteiger partial charge is 0.376 e. The van der Waals surface area contributed by atoms with Crippen LogP contribution in [0.1, 0.15) is 23.4 Å². The molecule has 0 spiro atoms. The molecule has 0 fully saturated rings. The maximum absolute atomic E-state index is 11.9. The van der Waals surface area contributed by atoms with E-state index in [1.807, 2.05) is 11.7 Å². The number of carbonyl (C=O) groups excluding carboxylic acids is 1. The Balaban J connectivity index is 1.44. The van der Waals surface area contributed by atoms with E-state index in [0.29, 0.717) is 31.1 Å². The Labute approximate surface area is 146 Å². The number of nitrogens with zero attached hydrogens (tertiary/aromatic N) is 2. The summed E-state index contributed by atoms with van der Waals surface area (Å²) in [5.41, 5.74) is 4.19. The van der Waals surface area contributed by atoms with Gasteiger partial charge in [-0.3, -0.25) is 9.48 Å². The highest BCUT2D eigenvalue weighted by atomic mass is 35.5. The number of aryl methyl sites for hydroxylation is 1. The summed E-state index contributed by atoms with van der Waals surface area (Å²) in [7, 11) is 1.97. The highest BCUT2D eigenvalue weighted by Gasteiger charge is 2.19. The van der Waals surface area contributed by atoms with Crippen LogP contribution < -0.4 is 10.6 Å². The van der Waals surface area contributed by atoms with Gasteiger partial charge < -0.3 is 15.4 Å². The highest BCUT2D eigenvalue weighted by Crippen LogP contribution is 2.20. The summed E-state index contributed by atoms with van der Waals surface area (Å²) in [5.74, 6) is -0.0313. The van der Waals surface area contributed by atoms with Gasteiger partial charge in [0.2, 0.25) is 5.91 Å². The summed E-state index contributed by atoms with van der Waals surface area (Å²) in [5, 5.41) is 11.3. The molecule has 2 N–H and O–H groups in total. The van der Waals surface area contributed by atoms with Crippen molar-refractivity contribution in [3.63, 3.8) is 0 Å². The van der Waals surface area contributed by atoms with E-state index in [1.165, 1.54) is 11.3 Å². The predicted octanol–water partition coefficient (Wildman–Crippen LogP) is 2.26. The summed E-state index contributed by atoms with van der Waals surface area (Å²) < 4.78 is 7.45. The number of carbonyl (C=O) groups is 1. The average Bonchev–Trinajstić information content (AvgIpc) is 2.90. The van der Waals surface area contributed by atoms with Crippen LogP contribution in [0.4, 0.5) is 5.69 Å². The van der Waals surface area contributed by atoms with Crippen LogP contribution >= 0.6 is 11.6 Å². The number of benzene rings is 1. The molecule has 0 radical (unpaired) electrons. The van der Waals surface area contributed by atoms with Gasteiger partial charge in [0.25, 0.3) is 0 Å². The van der Waals surface area contributed by atoms with Gasteiger partial charge in [0.05, 0.1) is 18.9 Å². The number of nitrogens with one attached hydrogen (secondary N) is 2. The number of fused-ring (bicyclic) bond motifs is 1. The van der Waals surface area contributed by atoms with E-state index >= 15 is 0 Å². The molecule has 128 valence electrons. The summed E-state index contributed by atoms with van der Waals surface area (Å²) in [6.45, 7) is 2.61. The molecule has 0 saturated carbocycles. The van der Waals surface area contributed by atoms with Crippen molar-refractivity contribution >= 4 is 23.2 Å². The van der Waals surface area contributed by atoms with Crippen molar-refractivity contribution in [1.82, 2.24) is 15.1 Å². The molecular formula is C17H21ClN4O2. The maximum atomic E-state index is 11.9. The van der Waals surface area contributed by atoms with Crippen LogP contribution in [-0.2, 0) is 36.2 Å². The van der Waals surface area contributed by atoms with Crippen LogP contribution in [-0.4, -0.2) is 28.8 Å². The molecule has 3 rings (SSSR count). The second-order valence-electron chi connectivity index (χ2n) is 5.78. The molecule has 2 aromatic rings. The molecule has 0 saturated heterocycles. The van der Waals surface area contributed by atoms with E-state index in [4.69, 9.17) is 16.3 Å². The third-order valence-electron chi connectivity index (χ3n) is 4.04. The van der Waals surface area contributed by atoms with Gasteiger partial charge in [0.1, 0.15) is 0 Å². The van der Waals surface area contributed by atoms with Gasteiger partial charge in [0, 0.05) is 54.9 Å². The van der Waals surface area contributed by atoms with Gasteiger partial charge in [-0.2, -0.15) is 5.10 Å². The summed E-state index contributed by atoms with van der Waals surface area (Å²) in [6.07, 6.45) is 1.30. The fraction of sp³-hybridized carbons (Fsp3) is 0.412. The highest BCUT2D eigenvalue weighted by molar-refractivity contribution is 6.30. The van der Waals surface area contributed by atoms with Crippen molar-refractivity contribution in [3.05, 3.63) is 46.2 Å². The van der Waals surface area contributed by atoms with E-state index < -0.39 is 0 Å². The maximum Gasteiger partial charge on any atom is 0.225 e. The molecule has 1 aromatic carbocycles. The first-order valence-electron chi connectivity index (χ1n) is 8.01. The van der Waals surface area contributed by atoms with Crippen molar-refractivity contribution in [2.24, 2.45) is 7.05 Å². The lowest BCUT2D eigenvalue weighted by atomic mass is 10.1. The minimum atomic E-state index is -0.0313. The summed E-state index contributed by atoms with van der Waals surface area (Å²) in [6, 6.07) is 7.07. The van der Waals surface area contributed by atoms with Gasteiger partial charge >= 0.3 is 0 Å². The van der Waals surface area contributed by atoms with E-state index in [0.717, 1.165) is 24.4 Å². The number of hydrogen-bond acceptors (Lipinski definition) is 4. The van der Waals surface area contributed by atoms with Crippen molar-refractivity contribution < 1.29 is 9.53 Å². The monoisotopic (exact) mass is 348 g/mol.